The van der Waals surface area contributed by atoms with E-state index in [4.69, 9.17) is 4.74 Å². The van der Waals surface area contributed by atoms with Gasteiger partial charge in [-0.05, 0) is 54.5 Å². The van der Waals surface area contributed by atoms with Crippen molar-refractivity contribution in [2.24, 2.45) is 5.92 Å². The minimum Gasteiger partial charge on any atom is -0.481 e. The van der Waals surface area contributed by atoms with Gasteiger partial charge in [-0.2, -0.15) is 0 Å². The second-order valence-electron chi connectivity index (χ2n) is 6.57. The number of ether oxygens (including phenoxy) is 1. The summed E-state index contributed by atoms with van der Waals surface area (Å²) in [6.45, 7) is 0.828. The van der Waals surface area contributed by atoms with E-state index in [2.05, 4.69) is 16.3 Å². The first-order valence-electron chi connectivity index (χ1n) is 7.76. The second-order valence-corrected chi connectivity index (χ2v) is 7.62. The lowest BCUT2D eigenvalue weighted by molar-refractivity contribution is -0.147. The van der Waals surface area contributed by atoms with Crippen LogP contribution in [-0.2, 0) is 14.9 Å². The first kappa shape index (κ1) is 15.1. The molecule has 0 saturated heterocycles. The molecule has 0 aromatic heterocycles. The van der Waals surface area contributed by atoms with Crippen molar-refractivity contribution in [2.45, 2.75) is 48.4 Å². The van der Waals surface area contributed by atoms with E-state index in [-0.39, 0.29) is 4.46 Å². The molecule has 2 aliphatic carbocycles. The zero-order chi connectivity index (χ0) is 14.9. The quantitative estimate of drug-likeness (QED) is 0.851. The number of carbonyl (C=O) groups is 1. The third kappa shape index (κ3) is 3.18. The molecule has 1 aromatic rings. The van der Waals surface area contributed by atoms with Gasteiger partial charge >= 0.3 is 5.97 Å². The van der Waals surface area contributed by atoms with Crippen LogP contribution in [0.15, 0.2) is 30.3 Å². The van der Waals surface area contributed by atoms with Gasteiger partial charge in [0.25, 0.3) is 0 Å². The van der Waals surface area contributed by atoms with Crippen LogP contribution in [0.4, 0.5) is 0 Å². The molecular weight excluding hydrogens is 279 g/mol. The number of benzene rings is 1. The maximum absolute atomic E-state index is 11.9. The van der Waals surface area contributed by atoms with Crippen LogP contribution in [0.25, 0.3) is 0 Å². The molecule has 0 heterocycles. The summed E-state index contributed by atoms with van der Waals surface area (Å²) < 4.78 is 5.85. The third-order valence-corrected chi connectivity index (χ3v) is 5.73. The molecule has 0 spiro atoms. The largest absolute Gasteiger partial charge is 0.481 e. The summed E-state index contributed by atoms with van der Waals surface area (Å²) in [4.78, 5) is 11.9. The molecule has 2 aliphatic rings. The summed E-state index contributed by atoms with van der Waals surface area (Å²) in [5, 5.41) is 9.79. The summed E-state index contributed by atoms with van der Waals surface area (Å²) in [6, 6.07) is 9.66. The topological polar surface area (TPSA) is 46.5 Å². The lowest BCUT2D eigenvalue weighted by atomic mass is 9.68. The number of hydrogen-bond donors (Lipinski definition) is 1. The van der Waals surface area contributed by atoms with Crippen LogP contribution in [0, 0.1) is 5.92 Å². The standard InChI is InChI=1S/C17H21O3.Al/c18-16(19)17(14-4-2-1-3-5-14)10-8-15(9-11-17)20-12-13-6-7-13;/h1-5,13H,6-12H2,(H,18,19);. The number of rotatable bonds is 5. The smallest absolute Gasteiger partial charge is 0.314 e. The van der Waals surface area contributed by atoms with Gasteiger partial charge < -0.3 is 9.84 Å². The molecule has 0 atom stereocenters. The highest BCUT2D eigenvalue weighted by Gasteiger charge is 2.46. The van der Waals surface area contributed by atoms with E-state index >= 15 is 0 Å². The highest BCUT2D eigenvalue weighted by molar-refractivity contribution is 6.14. The van der Waals surface area contributed by atoms with Crippen molar-refractivity contribution in [2.75, 3.05) is 6.61 Å². The molecule has 3 nitrogen and oxygen atoms in total. The Balaban J connectivity index is 1.72. The van der Waals surface area contributed by atoms with Crippen LogP contribution in [0.2, 0.25) is 0 Å². The molecule has 0 amide bonds. The zero-order valence-electron chi connectivity index (χ0n) is 12.3. The van der Waals surface area contributed by atoms with Crippen molar-refractivity contribution in [1.29, 1.82) is 0 Å². The van der Waals surface area contributed by atoms with Crippen LogP contribution in [-0.4, -0.2) is 38.4 Å². The van der Waals surface area contributed by atoms with Gasteiger partial charge in [-0.1, -0.05) is 30.3 Å². The average Bonchev–Trinajstić information content (AvgIpc) is 3.31. The van der Waals surface area contributed by atoms with E-state index in [1.54, 1.807) is 0 Å². The highest BCUT2D eigenvalue weighted by Crippen LogP contribution is 2.44. The van der Waals surface area contributed by atoms with Crippen LogP contribution in [0.1, 0.15) is 44.1 Å². The van der Waals surface area contributed by atoms with E-state index in [1.807, 2.05) is 30.3 Å². The van der Waals surface area contributed by atoms with Crippen LogP contribution < -0.4 is 0 Å². The molecule has 1 N–H and O–H groups in total. The molecule has 2 saturated carbocycles. The molecular formula is C17H21AlO3. The summed E-state index contributed by atoms with van der Waals surface area (Å²) in [7, 11) is 0. The predicted molar refractivity (Wildman–Crippen MR) is 81.4 cm³/mol. The van der Waals surface area contributed by atoms with Crippen molar-refractivity contribution in [3.05, 3.63) is 35.9 Å². The Morgan fingerprint density at radius 1 is 1.19 bits per heavy atom. The number of hydrogen-bond acceptors (Lipinski definition) is 2. The van der Waals surface area contributed by atoms with Crippen molar-refractivity contribution in [1.82, 2.24) is 0 Å². The summed E-state index contributed by atoms with van der Waals surface area (Å²) >= 11 is 2.84. The van der Waals surface area contributed by atoms with Gasteiger partial charge in [-0.25, -0.2) is 0 Å². The first-order chi connectivity index (χ1) is 10.0. The van der Waals surface area contributed by atoms with E-state index in [0.717, 1.165) is 30.9 Å². The molecule has 4 heteroatoms. The minimum atomic E-state index is -0.746. The molecule has 0 bridgehead atoms. The van der Waals surface area contributed by atoms with Crippen molar-refractivity contribution in [3.63, 3.8) is 0 Å². The summed E-state index contributed by atoms with van der Waals surface area (Å²) in [5.41, 5.74) is 0.177. The van der Waals surface area contributed by atoms with E-state index < -0.39 is 11.4 Å². The number of carboxylic acid groups (broad SMARTS) is 1. The molecule has 21 heavy (non-hydrogen) atoms. The molecule has 1 aromatic carbocycles. The molecule has 0 unspecified atom stereocenters. The fourth-order valence-electron chi connectivity index (χ4n) is 3.20. The molecule has 0 aliphatic heterocycles. The Hall–Kier alpha value is -0.818. The molecule has 2 fully saturated rings. The van der Waals surface area contributed by atoms with Gasteiger partial charge in [0.15, 0.2) is 16.3 Å². The van der Waals surface area contributed by atoms with Crippen LogP contribution in [0.5, 0.6) is 0 Å². The van der Waals surface area contributed by atoms with Gasteiger partial charge in [0, 0.05) is 6.61 Å². The van der Waals surface area contributed by atoms with E-state index in [9.17, 15) is 9.90 Å². The van der Waals surface area contributed by atoms with Gasteiger partial charge in [-0.15, -0.1) is 0 Å². The Morgan fingerprint density at radius 3 is 2.33 bits per heavy atom. The first-order valence-corrected chi connectivity index (χ1v) is 8.34. The predicted octanol–water partition coefficient (Wildman–Crippen LogP) is 2.87. The molecule has 2 radical (unpaired) electrons. The average molecular weight is 300 g/mol. The number of aliphatic carboxylic acids is 1. The van der Waals surface area contributed by atoms with Crippen molar-refractivity contribution in [3.8, 4) is 0 Å². The second kappa shape index (κ2) is 5.76. The Bertz CT molecular complexity index is 502. The Labute approximate surface area is 134 Å². The van der Waals surface area contributed by atoms with E-state index in [1.165, 1.54) is 12.8 Å². The van der Waals surface area contributed by atoms with Crippen LogP contribution in [0.3, 0.4) is 0 Å². The highest BCUT2D eigenvalue weighted by atomic mass is 27.0. The fraction of sp³-hybridized carbons (Fsp3) is 0.588. The monoisotopic (exact) mass is 300 g/mol. The van der Waals surface area contributed by atoms with Gasteiger partial charge in [0.1, 0.15) is 0 Å². The van der Waals surface area contributed by atoms with Crippen LogP contribution >= 0.6 is 0 Å². The third-order valence-electron chi connectivity index (χ3n) is 4.99. The number of carboxylic acids is 1. The zero-order valence-corrected chi connectivity index (χ0v) is 13.4. The minimum absolute atomic E-state index is 0.226. The van der Waals surface area contributed by atoms with E-state index in [0.29, 0.717) is 12.8 Å². The van der Waals surface area contributed by atoms with Crippen molar-refractivity contribution < 1.29 is 14.6 Å². The lowest BCUT2D eigenvalue weighted by Gasteiger charge is -2.44. The lowest BCUT2D eigenvalue weighted by Crippen LogP contribution is -2.47. The summed E-state index contributed by atoms with van der Waals surface area (Å²) in [5.74, 6) is 0.0330. The van der Waals surface area contributed by atoms with Gasteiger partial charge in [0.05, 0.1) is 5.41 Å². The Kier molecular flexibility index (Phi) is 4.14. The Morgan fingerprint density at radius 2 is 1.81 bits per heavy atom. The fourth-order valence-corrected chi connectivity index (χ4v) is 3.58. The molecule has 110 valence electrons. The van der Waals surface area contributed by atoms with Gasteiger partial charge in [-0.3, -0.25) is 4.79 Å². The van der Waals surface area contributed by atoms with Crippen molar-refractivity contribution >= 4 is 22.3 Å². The maximum Gasteiger partial charge on any atom is 0.314 e. The summed E-state index contributed by atoms with van der Waals surface area (Å²) in [6.07, 6.45) is 5.41. The SMILES string of the molecule is O=C(O)C1(c2ccccc2)CC[C]([Al])(OCC2CC2)CC1. The normalized spacial score (nSPS) is 32.8. The van der Waals surface area contributed by atoms with Gasteiger partial charge in [0.2, 0.25) is 0 Å². The maximum atomic E-state index is 11.9. The molecule has 3 rings (SSSR count).